The molecule has 1 amide bonds. The van der Waals surface area contributed by atoms with E-state index in [4.69, 9.17) is 9.47 Å². The highest BCUT2D eigenvalue weighted by molar-refractivity contribution is 5.76. The second-order valence-corrected chi connectivity index (χ2v) is 20.8. The van der Waals surface area contributed by atoms with Gasteiger partial charge in [0.05, 0.1) is 25.4 Å². The molecule has 1 rings (SSSR count). The first-order chi connectivity index (χ1) is 33.8. The zero-order valence-corrected chi connectivity index (χ0v) is 45.1. The van der Waals surface area contributed by atoms with Gasteiger partial charge in [-0.15, -0.1) is 0 Å². The van der Waals surface area contributed by atoms with E-state index in [0.717, 1.165) is 44.9 Å². The van der Waals surface area contributed by atoms with Crippen LogP contribution in [0.25, 0.3) is 0 Å². The van der Waals surface area contributed by atoms with E-state index < -0.39 is 49.5 Å². The molecule has 1 fully saturated rings. The van der Waals surface area contributed by atoms with Crippen molar-refractivity contribution in [2.75, 3.05) is 13.2 Å². The molecule has 0 spiro atoms. The lowest BCUT2D eigenvalue weighted by Gasteiger charge is -2.40. The second-order valence-electron chi connectivity index (χ2n) is 20.8. The molecular formula is C60H113NO8. The zero-order chi connectivity index (χ0) is 50.1. The Hall–Kier alpha value is -1.59. The molecule has 1 aliphatic rings. The van der Waals surface area contributed by atoms with Gasteiger partial charge in [-0.25, -0.2) is 0 Å². The van der Waals surface area contributed by atoms with Crippen molar-refractivity contribution in [3.8, 4) is 0 Å². The Morgan fingerprint density at radius 2 is 0.855 bits per heavy atom. The summed E-state index contributed by atoms with van der Waals surface area (Å²) in [6, 6.07) is -0.800. The molecular weight excluding hydrogens is 863 g/mol. The van der Waals surface area contributed by atoms with E-state index in [9.17, 15) is 30.3 Å². The number of allylic oxidation sites excluding steroid dienone is 5. The molecule has 406 valence electrons. The predicted octanol–water partition coefficient (Wildman–Crippen LogP) is 14.7. The molecule has 0 aromatic heterocycles. The highest BCUT2D eigenvalue weighted by atomic mass is 16.7. The molecule has 0 radical (unpaired) electrons. The van der Waals surface area contributed by atoms with Crippen molar-refractivity contribution in [3.63, 3.8) is 0 Å². The van der Waals surface area contributed by atoms with E-state index in [-0.39, 0.29) is 12.5 Å². The minimum atomic E-state index is -1.56. The molecule has 1 heterocycles. The van der Waals surface area contributed by atoms with Crippen LogP contribution in [-0.4, -0.2) is 87.5 Å². The number of aliphatic hydroxyl groups excluding tert-OH is 5. The number of aliphatic hydroxyl groups is 5. The maximum absolute atomic E-state index is 13.0. The van der Waals surface area contributed by atoms with Crippen molar-refractivity contribution in [3.05, 3.63) is 36.5 Å². The molecule has 7 unspecified atom stereocenters. The first-order valence-electron chi connectivity index (χ1n) is 29.7. The molecule has 0 aliphatic carbocycles. The Kier molecular flexibility index (Phi) is 47.4. The Morgan fingerprint density at radius 1 is 0.493 bits per heavy atom. The van der Waals surface area contributed by atoms with Crippen LogP contribution in [0.3, 0.4) is 0 Å². The summed E-state index contributed by atoms with van der Waals surface area (Å²) in [6.07, 6.45) is 58.3. The average Bonchev–Trinajstić information content (AvgIpc) is 3.35. The highest BCUT2D eigenvalue weighted by Gasteiger charge is 2.44. The van der Waals surface area contributed by atoms with Gasteiger partial charge in [0, 0.05) is 6.42 Å². The highest BCUT2D eigenvalue weighted by Crippen LogP contribution is 2.23. The number of nitrogens with one attached hydrogen (secondary N) is 1. The van der Waals surface area contributed by atoms with Crippen LogP contribution in [0.5, 0.6) is 0 Å². The molecule has 1 aliphatic heterocycles. The van der Waals surface area contributed by atoms with Crippen LogP contribution in [0.4, 0.5) is 0 Å². The first-order valence-corrected chi connectivity index (χ1v) is 29.7. The van der Waals surface area contributed by atoms with E-state index in [2.05, 4.69) is 43.5 Å². The Labute approximate surface area is 425 Å². The number of carbonyl (C=O) groups is 1. The minimum absolute atomic E-state index is 0.175. The molecule has 69 heavy (non-hydrogen) atoms. The topological polar surface area (TPSA) is 149 Å². The number of amides is 1. The Bertz CT molecular complexity index is 1180. The van der Waals surface area contributed by atoms with Crippen LogP contribution in [-0.2, 0) is 14.3 Å². The lowest BCUT2D eigenvalue weighted by molar-refractivity contribution is -0.302. The van der Waals surface area contributed by atoms with Gasteiger partial charge in [-0.2, -0.15) is 0 Å². The van der Waals surface area contributed by atoms with Gasteiger partial charge in [0.25, 0.3) is 0 Å². The third kappa shape index (κ3) is 39.6. The van der Waals surface area contributed by atoms with Crippen molar-refractivity contribution in [2.24, 2.45) is 0 Å². The monoisotopic (exact) mass is 976 g/mol. The lowest BCUT2D eigenvalue weighted by atomic mass is 9.99. The fraction of sp³-hybridized carbons (Fsp3) is 0.883. The quantitative estimate of drug-likeness (QED) is 0.0261. The van der Waals surface area contributed by atoms with Gasteiger partial charge in [0.15, 0.2) is 6.29 Å². The van der Waals surface area contributed by atoms with Gasteiger partial charge in [-0.3, -0.25) is 4.79 Å². The summed E-state index contributed by atoms with van der Waals surface area (Å²) in [5, 5.41) is 54.2. The summed E-state index contributed by atoms with van der Waals surface area (Å²) in [4.78, 5) is 13.0. The zero-order valence-electron chi connectivity index (χ0n) is 45.1. The van der Waals surface area contributed by atoms with Crippen LogP contribution in [0, 0.1) is 0 Å². The third-order valence-electron chi connectivity index (χ3n) is 14.2. The molecule has 0 aromatic rings. The van der Waals surface area contributed by atoms with Crippen LogP contribution < -0.4 is 5.32 Å². The molecule has 0 bridgehead atoms. The number of hydrogen-bond donors (Lipinski definition) is 6. The third-order valence-corrected chi connectivity index (χ3v) is 14.2. The van der Waals surface area contributed by atoms with E-state index in [0.29, 0.717) is 6.42 Å². The van der Waals surface area contributed by atoms with Crippen LogP contribution in [0.15, 0.2) is 36.5 Å². The molecule has 0 aromatic carbocycles. The number of unbranched alkanes of at least 4 members (excludes halogenated alkanes) is 37. The van der Waals surface area contributed by atoms with Gasteiger partial charge in [-0.1, -0.05) is 262 Å². The average molecular weight is 977 g/mol. The fourth-order valence-electron chi connectivity index (χ4n) is 9.48. The molecule has 9 nitrogen and oxygen atoms in total. The standard InChI is InChI=1S/C60H113NO8/c1-3-5-7-9-11-13-14-15-16-17-18-19-20-21-22-23-24-25-26-27-28-29-30-31-32-33-34-35-36-37-38-39-40-42-44-46-48-50-56(64)61-53(54(63)49-47-45-43-41-12-10-8-6-4-2)52-68-60-59(67)58(66)57(65)55(51-62)69-60/h14-15,17-18,47,49,53-55,57-60,62-63,65-67H,3-13,16,19-46,48,50-52H2,1-2H3,(H,61,64)/b15-14-,18-17-,49-47+. The van der Waals surface area contributed by atoms with Gasteiger partial charge >= 0.3 is 0 Å². The van der Waals surface area contributed by atoms with Crippen LogP contribution >= 0.6 is 0 Å². The summed E-state index contributed by atoms with van der Waals surface area (Å²) < 4.78 is 11.2. The maximum Gasteiger partial charge on any atom is 0.220 e. The lowest BCUT2D eigenvalue weighted by Crippen LogP contribution is -2.60. The molecule has 0 saturated carbocycles. The largest absolute Gasteiger partial charge is 0.394 e. The normalized spacial score (nSPS) is 19.7. The number of ether oxygens (including phenoxy) is 2. The SMILES string of the molecule is CCCCCCC/C=C\C/C=C\CCCCCCCCCCCCCCCCCCCCCCCCCCCC(=O)NC(COC1OC(CO)C(O)C(O)C1O)C(O)/C=C/CCCCCCCCC. The van der Waals surface area contributed by atoms with E-state index in [1.807, 2.05) is 6.08 Å². The predicted molar refractivity (Wildman–Crippen MR) is 290 cm³/mol. The van der Waals surface area contributed by atoms with Crippen molar-refractivity contribution in [1.82, 2.24) is 5.32 Å². The van der Waals surface area contributed by atoms with Gasteiger partial charge in [0.2, 0.25) is 5.91 Å². The summed E-state index contributed by atoms with van der Waals surface area (Å²) >= 11 is 0. The molecule has 7 atom stereocenters. The molecule has 9 heteroatoms. The van der Waals surface area contributed by atoms with Crippen molar-refractivity contribution in [1.29, 1.82) is 0 Å². The Morgan fingerprint density at radius 3 is 1.25 bits per heavy atom. The van der Waals surface area contributed by atoms with E-state index in [1.165, 1.54) is 218 Å². The summed E-state index contributed by atoms with van der Waals surface area (Å²) in [5.74, 6) is -0.175. The van der Waals surface area contributed by atoms with E-state index >= 15 is 0 Å². The number of rotatable bonds is 51. The van der Waals surface area contributed by atoms with Gasteiger partial charge in [-0.05, 0) is 51.4 Å². The van der Waals surface area contributed by atoms with Gasteiger partial charge < -0.3 is 40.3 Å². The Balaban J connectivity index is 2.00. The number of hydrogen-bond acceptors (Lipinski definition) is 8. The molecule has 6 N–H and O–H groups in total. The van der Waals surface area contributed by atoms with Crippen molar-refractivity contribution in [2.45, 2.75) is 326 Å². The number of carbonyl (C=O) groups excluding carboxylic acids is 1. The van der Waals surface area contributed by atoms with Crippen molar-refractivity contribution < 1.29 is 39.8 Å². The minimum Gasteiger partial charge on any atom is -0.394 e. The molecule has 1 saturated heterocycles. The van der Waals surface area contributed by atoms with Gasteiger partial charge in [0.1, 0.15) is 24.4 Å². The summed E-state index contributed by atoms with van der Waals surface area (Å²) in [6.45, 7) is 3.75. The summed E-state index contributed by atoms with van der Waals surface area (Å²) in [5.41, 5.74) is 0. The smallest absolute Gasteiger partial charge is 0.220 e. The fourth-order valence-corrected chi connectivity index (χ4v) is 9.48. The van der Waals surface area contributed by atoms with Crippen LogP contribution in [0.1, 0.15) is 284 Å². The second kappa shape index (κ2) is 50.0. The van der Waals surface area contributed by atoms with Crippen molar-refractivity contribution >= 4 is 5.91 Å². The summed E-state index contributed by atoms with van der Waals surface area (Å²) in [7, 11) is 0. The van der Waals surface area contributed by atoms with E-state index in [1.54, 1.807) is 6.08 Å². The first kappa shape index (κ1) is 65.4. The van der Waals surface area contributed by atoms with Crippen LogP contribution in [0.2, 0.25) is 0 Å². The maximum atomic E-state index is 13.0.